The molecule has 0 saturated carbocycles. The molecule has 92 valence electrons. The van der Waals surface area contributed by atoms with Crippen LogP contribution in [0.3, 0.4) is 0 Å². The Bertz CT molecular complexity index is 301. The Balaban J connectivity index is 2.63. The van der Waals surface area contributed by atoms with E-state index in [4.69, 9.17) is 10.8 Å². The smallest absolute Gasteiger partial charge is 0.203 e. The molecule has 0 bridgehead atoms. The minimum absolute atomic E-state index is 0.171. The number of hydrogen-bond acceptors (Lipinski definition) is 6. The number of aliphatic hydroxyl groups is 1. The maximum atomic E-state index is 9.06. The first-order valence-electron chi connectivity index (χ1n) is 5.64. The maximum absolute atomic E-state index is 9.06. The van der Waals surface area contributed by atoms with Gasteiger partial charge in [0.1, 0.15) is 5.01 Å². The van der Waals surface area contributed by atoms with E-state index in [-0.39, 0.29) is 6.61 Å². The van der Waals surface area contributed by atoms with Crippen molar-refractivity contribution in [2.24, 2.45) is 0 Å². The third kappa shape index (κ3) is 3.70. The van der Waals surface area contributed by atoms with E-state index in [2.05, 4.69) is 28.9 Å². The van der Waals surface area contributed by atoms with Gasteiger partial charge in [-0.1, -0.05) is 25.2 Å². The fourth-order valence-electron chi connectivity index (χ4n) is 1.83. The van der Waals surface area contributed by atoms with Crippen LogP contribution in [0, 0.1) is 0 Å². The summed E-state index contributed by atoms with van der Waals surface area (Å²) in [5, 5.41) is 18.3. The van der Waals surface area contributed by atoms with Crippen LogP contribution >= 0.6 is 11.3 Å². The molecular formula is C10H20N4OS. The topological polar surface area (TPSA) is 75.3 Å². The molecule has 5 nitrogen and oxygen atoms in total. The van der Waals surface area contributed by atoms with E-state index < -0.39 is 0 Å². The summed E-state index contributed by atoms with van der Waals surface area (Å²) < 4.78 is 0. The predicted molar refractivity (Wildman–Crippen MR) is 66.2 cm³/mol. The van der Waals surface area contributed by atoms with Crippen molar-refractivity contribution in [3.63, 3.8) is 0 Å². The van der Waals surface area contributed by atoms with E-state index in [1.165, 1.54) is 11.3 Å². The van der Waals surface area contributed by atoms with Gasteiger partial charge in [-0.15, -0.1) is 10.2 Å². The molecular weight excluding hydrogens is 224 g/mol. The van der Waals surface area contributed by atoms with Gasteiger partial charge in [-0.05, 0) is 12.8 Å². The van der Waals surface area contributed by atoms with Crippen LogP contribution in [-0.2, 0) is 6.54 Å². The molecule has 0 aromatic carbocycles. The second kappa shape index (κ2) is 6.78. The van der Waals surface area contributed by atoms with Crippen LogP contribution in [0.4, 0.5) is 5.13 Å². The van der Waals surface area contributed by atoms with Crippen LogP contribution in [0.1, 0.15) is 31.7 Å². The molecule has 1 aromatic heterocycles. The van der Waals surface area contributed by atoms with E-state index in [9.17, 15) is 0 Å². The summed E-state index contributed by atoms with van der Waals surface area (Å²) in [5.41, 5.74) is 5.55. The summed E-state index contributed by atoms with van der Waals surface area (Å²) >= 11 is 1.41. The zero-order valence-electron chi connectivity index (χ0n) is 9.89. The number of nitrogens with two attached hydrogens (primary N) is 1. The summed E-state index contributed by atoms with van der Waals surface area (Å²) in [5.74, 6) is 0. The molecule has 0 aliphatic rings. The van der Waals surface area contributed by atoms with Crippen LogP contribution in [0.25, 0.3) is 0 Å². The van der Waals surface area contributed by atoms with Gasteiger partial charge in [0.25, 0.3) is 0 Å². The van der Waals surface area contributed by atoms with Crippen molar-refractivity contribution in [1.82, 2.24) is 15.1 Å². The van der Waals surface area contributed by atoms with Crippen molar-refractivity contribution in [1.29, 1.82) is 0 Å². The van der Waals surface area contributed by atoms with Crippen molar-refractivity contribution >= 4 is 16.5 Å². The highest BCUT2D eigenvalue weighted by Gasteiger charge is 2.16. The monoisotopic (exact) mass is 244 g/mol. The Morgan fingerprint density at radius 3 is 2.50 bits per heavy atom. The summed E-state index contributed by atoms with van der Waals surface area (Å²) in [6.45, 7) is 5.89. The van der Waals surface area contributed by atoms with Gasteiger partial charge in [-0.3, -0.25) is 4.90 Å². The third-order valence-corrected chi connectivity index (χ3v) is 3.40. The first-order chi connectivity index (χ1) is 7.71. The van der Waals surface area contributed by atoms with Crippen LogP contribution in [0.2, 0.25) is 0 Å². The van der Waals surface area contributed by atoms with Crippen molar-refractivity contribution in [2.75, 3.05) is 18.9 Å². The zero-order valence-corrected chi connectivity index (χ0v) is 10.7. The Hall–Kier alpha value is -0.720. The quantitative estimate of drug-likeness (QED) is 0.751. The minimum Gasteiger partial charge on any atom is -0.395 e. The van der Waals surface area contributed by atoms with Gasteiger partial charge in [0, 0.05) is 12.6 Å². The molecule has 16 heavy (non-hydrogen) atoms. The summed E-state index contributed by atoms with van der Waals surface area (Å²) in [7, 11) is 0. The highest BCUT2D eigenvalue weighted by atomic mass is 32.1. The van der Waals surface area contributed by atoms with Crippen LogP contribution in [0.15, 0.2) is 0 Å². The van der Waals surface area contributed by atoms with E-state index in [0.29, 0.717) is 17.7 Å². The second-order valence-corrected chi connectivity index (χ2v) is 4.79. The zero-order chi connectivity index (χ0) is 12.0. The van der Waals surface area contributed by atoms with Crippen LogP contribution < -0.4 is 5.73 Å². The normalized spacial score (nSPS) is 11.6. The van der Waals surface area contributed by atoms with Crippen LogP contribution in [0.5, 0.6) is 0 Å². The largest absolute Gasteiger partial charge is 0.395 e. The van der Waals surface area contributed by atoms with E-state index >= 15 is 0 Å². The molecule has 0 aliphatic carbocycles. The minimum atomic E-state index is 0.171. The van der Waals surface area contributed by atoms with E-state index in [1.54, 1.807) is 0 Å². The average molecular weight is 244 g/mol. The molecule has 1 heterocycles. The molecule has 0 fully saturated rings. The van der Waals surface area contributed by atoms with Crippen molar-refractivity contribution < 1.29 is 5.11 Å². The molecule has 1 rings (SSSR count). The number of nitrogen functional groups attached to an aromatic ring is 1. The molecule has 1 aromatic rings. The lowest BCUT2D eigenvalue weighted by Crippen LogP contribution is -2.36. The Labute approximate surface area is 100 Å². The predicted octanol–water partition coefficient (Wildman–Crippen LogP) is 1.10. The first-order valence-corrected chi connectivity index (χ1v) is 6.45. The SMILES string of the molecule is CCC(CC)N(CCO)Cc1nnc(N)s1. The maximum Gasteiger partial charge on any atom is 0.203 e. The Morgan fingerprint density at radius 1 is 1.38 bits per heavy atom. The molecule has 3 N–H and O–H groups in total. The summed E-state index contributed by atoms with van der Waals surface area (Å²) in [6.07, 6.45) is 2.15. The van der Waals surface area contributed by atoms with Crippen molar-refractivity contribution in [3.8, 4) is 0 Å². The van der Waals surface area contributed by atoms with Crippen LogP contribution in [-0.4, -0.2) is 39.4 Å². The van der Waals surface area contributed by atoms with Gasteiger partial charge >= 0.3 is 0 Å². The number of aromatic nitrogens is 2. The standard InChI is InChI=1S/C10H20N4OS/c1-3-8(4-2)14(5-6-15)7-9-12-13-10(11)16-9/h8,15H,3-7H2,1-2H3,(H2,11,13). The Morgan fingerprint density at radius 2 is 2.06 bits per heavy atom. The molecule has 0 aliphatic heterocycles. The molecule has 0 radical (unpaired) electrons. The fourth-order valence-corrected chi connectivity index (χ4v) is 2.46. The second-order valence-electron chi connectivity index (χ2n) is 3.70. The van der Waals surface area contributed by atoms with Gasteiger partial charge in [0.2, 0.25) is 5.13 Å². The molecule has 6 heteroatoms. The van der Waals surface area contributed by atoms with E-state index in [1.807, 2.05) is 0 Å². The molecule has 0 saturated heterocycles. The van der Waals surface area contributed by atoms with Gasteiger partial charge in [-0.25, -0.2) is 0 Å². The third-order valence-electron chi connectivity index (χ3n) is 2.67. The average Bonchev–Trinajstić information content (AvgIpc) is 2.66. The van der Waals surface area contributed by atoms with Gasteiger partial charge in [0.05, 0.1) is 13.2 Å². The molecule has 0 unspecified atom stereocenters. The van der Waals surface area contributed by atoms with Crippen molar-refractivity contribution in [3.05, 3.63) is 5.01 Å². The summed E-state index contributed by atoms with van der Waals surface area (Å²) in [4.78, 5) is 2.24. The van der Waals surface area contributed by atoms with Gasteiger partial charge in [0.15, 0.2) is 0 Å². The van der Waals surface area contributed by atoms with Crippen molar-refractivity contribution in [2.45, 2.75) is 39.3 Å². The lowest BCUT2D eigenvalue weighted by atomic mass is 10.1. The number of aliphatic hydroxyl groups excluding tert-OH is 1. The van der Waals surface area contributed by atoms with Gasteiger partial charge in [-0.2, -0.15) is 0 Å². The molecule has 0 atom stereocenters. The van der Waals surface area contributed by atoms with E-state index in [0.717, 1.165) is 24.4 Å². The number of nitrogens with zero attached hydrogens (tertiary/aromatic N) is 3. The lowest BCUT2D eigenvalue weighted by molar-refractivity contribution is 0.136. The first kappa shape index (κ1) is 13.3. The summed E-state index contributed by atoms with van der Waals surface area (Å²) in [6, 6.07) is 0.484. The highest BCUT2D eigenvalue weighted by molar-refractivity contribution is 7.15. The fraction of sp³-hybridized carbons (Fsp3) is 0.800. The molecule has 0 spiro atoms. The number of rotatable bonds is 7. The number of hydrogen-bond donors (Lipinski definition) is 2. The molecule has 0 amide bonds. The Kier molecular flexibility index (Phi) is 5.65. The highest BCUT2D eigenvalue weighted by Crippen LogP contribution is 2.17. The van der Waals surface area contributed by atoms with Gasteiger partial charge < -0.3 is 10.8 Å². The number of anilines is 1. The lowest BCUT2D eigenvalue weighted by Gasteiger charge is -2.28.